The van der Waals surface area contributed by atoms with Crippen LogP contribution in [-0.4, -0.2) is 5.91 Å². The largest absolute Gasteiger partial charge is 0.321 e. The number of benzene rings is 1. The van der Waals surface area contributed by atoms with E-state index in [0.717, 1.165) is 23.2 Å². The van der Waals surface area contributed by atoms with Crippen molar-refractivity contribution in [1.29, 1.82) is 0 Å². The number of hydrogen-bond donors (Lipinski definition) is 1. The molecule has 0 saturated carbocycles. The van der Waals surface area contributed by atoms with Crippen LogP contribution in [0.2, 0.25) is 0 Å². The van der Waals surface area contributed by atoms with Gasteiger partial charge in [0.2, 0.25) is 0 Å². The van der Waals surface area contributed by atoms with E-state index in [1.165, 1.54) is 0 Å². The lowest BCUT2D eigenvalue weighted by molar-refractivity contribution is -0.110. The van der Waals surface area contributed by atoms with Crippen molar-refractivity contribution < 1.29 is 4.79 Å². The predicted octanol–water partition coefficient (Wildman–Crippen LogP) is 3.46. The van der Waals surface area contributed by atoms with Crippen LogP contribution in [0.1, 0.15) is 32.8 Å². The summed E-state index contributed by atoms with van der Waals surface area (Å²) in [5.41, 5.74) is 2.97. The van der Waals surface area contributed by atoms with Gasteiger partial charge >= 0.3 is 0 Å². The molecule has 0 saturated heterocycles. The first-order valence-corrected chi connectivity index (χ1v) is 5.58. The Kier molecular flexibility index (Phi) is 2.58. The van der Waals surface area contributed by atoms with Gasteiger partial charge < -0.3 is 5.32 Å². The van der Waals surface area contributed by atoms with Gasteiger partial charge in [-0.05, 0) is 17.9 Å². The first-order chi connectivity index (χ1) is 7.47. The van der Waals surface area contributed by atoms with Crippen LogP contribution >= 0.6 is 0 Å². The zero-order valence-corrected chi connectivity index (χ0v) is 10.0. The normalized spacial score (nSPS) is 17.4. The number of hydrogen-bond acceptors (Lipinski definition) is 1. The van der Waals surface area contributed by atoms with Gasteiger partial charge in [-0.2, -0.15) is 0 Å². The van der Waals surface area contributed by atoms with Gasteiger partial charge in [0.05, 0.1) is 0 Å². The maximum Gasteiger partial charge on any atom is 0.256 e. The third kappa shape index (κ3) is 2.16. The van der Waals surface area contributed by atoms with E-state index < -0.39 is 0 Å². The highest BCUT2D eigenvalue weighted by atomic mass is 16.1. The van der Waals surface area contributed by atoms with E-state index in [2.05, 4.69) is 26.1 Å². The van der Waals surface area contributed by atoms with Crippen molar-refractivity contribution >= 4 is 17.2 Å². The Morgan fingerprint density at radius 3 is 2.62 bits per heavy atom. The van der Waals surface area contributed by atoms with E-state index in [1.54, 1.807) is 0 Å². The van der Waals surface area contributed by atoms with Crippen molar-refractivity contribution in [2.45, 2.75) is 27.2 Å². The molecule has 0 aromatic heterocycles. The molecule has 0 unspecified atom stereocenters. The van der Waals surface area contributed by atoms with Gasteiger partial charge in [-0.15, -0.1) is 0 Å². The molecule has 1 aliphatic rings. The molecule has 1 heterocycles. The van der Waals surface area contributed by atoms with Crippen molar-refractivity contribution in [2.24, 2.45) is 5.41 Å². The minimum Gasteiger partial charge on any atom is -0.321 e. The second-order valence-electron chi connectivity index (χ2n) is 5.38. The number of nitrogens with one attached hydrogen (secondary N) is 1. The number of carbonyl (C=O) groups excluding carboxylic acids is 1. The maximum absolute atomic E-state index is 11.8. The monoisotopic (exact) mass is 215 g/mol. The molecule has 1 aromatic carbocycles. The smallest absolute Gasteiger partial charge is 0.256 e. The van der Waals surface area contributed by atoms with Crippen LogP contribution in [0.25, 0.3) is 5.57 Å². The van der Waals surface area contributed by atoms with Crippen molar-refractivity contribution in [1.82, 2.24) is 0 Å². The number of rotatable bonds is 1. The molecule has 0 spiro atoms. The van der Waals surface area contributed by atoms with E-state index >= 15 is 0 Å². The Bertz CT molecular complexity index is 452. The molecule has 1 aliphatic heterocycles. The summed E-state index contributed by atoms with van der Waals surface area (Å²) in [6.45, 7) is 6.51. The molecule has 0 bridgehead atoms. The summed E-state index contributed by atoms with van der Waals surface area (Å²) in [4.78, 5) is 11.8. The Morgan fingerprint density at radius 2 is 1.94 bits per heavy atom. The fraction of sp³-hybridized carbons (Fsp3) is 0.357. The highest BCUT2D eigenvalue weighted by molar-refractivity contribution is 6.31. The molecule has 2 rings (SSSR count). The summed E-state index contributed by atoms with van der Waals surface area (Å²) in [5.74, 6) is 0.0189. The summed E-state index contributed by atoms with van der Waals surface area (Å²) in [6, 6.07) is 7.82. The zero-order chi connectivity index (χ0) is 11.8. The SMILES string of the molecule is CC(C)(C)CC=C1C(=O)Nc2ccccc21. The average molecular weight is 215 g/mol. The molecule has 0 fully saturated rings. The number of allylic oxidation sites excluding steroid dienone is 1. The van der Waals surface area contributed by atoms with Gasteiger partial charge in [-0.1, -0.05) is 45.0 Å². The van der Waals surface area contributed by atoms with Crippen LogP contribution in [0, 0.1) is 5.41 Å². The minimum atomic E-state index is 0.0189. The lowest BCUT2D eigenvalue weighted by atomic mass is 9.90. The van der Waals surface area contributed by atoms with Gasteiger partial charge in [0.1, 0.15) is 0 Å². The molecule has 1 amide bonds. The predicted molar refractivity (Wildman–Crippen MR) is 67.1 cm³/mol. The zero-order valence-electron chi connectivity index (χ0n) is 10.0. The fourth-order valence-electron chi connectivity index (χ4n) is 1.75. The van der Waals surface area contributed by atoms with Crippen LogP contribution in [-0.2, 0) is 4.79 Å². The molecular formula is C14H17NO. The second kappa shape index (κ2) is 3.78. The van der Waals surface area contributed by atoms with Gasteiger partial charge in [0, 0.05) is 16.8 Å². The number of fused-ring (bicyclic) bond motifs is 1. The standard InChI is InChI=1S/C14H17NO/c1-14(2,3)9-8-11-10-6-4-5-7-12(10)15-13(11)16/h4-8H,9H2,1-3H3,(H,15,16). The third-order valence-corrected chi connectivity index (χ3v) is 2.63. The van der Waals surface area contributed by atoms with Crippen LogP contribution in [0.4, 0.5) is 5.69 Å². The number of para-hydroxylation sites is 1. The summed E-state index contributed by atoms with van der Waals surface area (Å²) in [6.07, 6.45) is 2.95. The van der Waals surface area contributed by atoms with E-state index in [-0.39, 0.29) is 11.3 Å². The summed E-state index contributed by atoms with van der Waals surface area (Å²) in [7, 11) is 0. The Morgan fingerprint density at radius 1 is 1.25 bits per heavy atom. The van der Waals surface area contributed by atoms with Crippen LogP contribution < -0.4 is 5.32 Å². The molecule has 84 valence electrons. The Labute approximate surface area is 96.4 Å². The molecule has 2 heteroatoms. The average Bonchev–Trinajstić information content (AvgIpc) is 2.49. The van der Waals surface area contributed by atoms with E-state index in [1.807, 2.05) is 30.3 Å². The molecule has 1 aromatic rings. The fourth-order valence-corrected chi connectivity index (χ4v) is 1.75. The van der Waals surface area contributed by atoms with Crippen LogP contribution in [0.15, 0.2) is 30.3 Å². The number of amides is 1. The van der Waals surface area contributed by atoms with E-state index in [9.17, 15) is 4.79 Å². The molecule has 0 radical (unpaired) electrons. The van der Waals surface area contributed by atoms with Crippen molar-refractivity contribution in [3.05, 3.63) is 35.9 Å². The highest BCUT2D eigenvalue weighted by Gasteiger charge is 2.23. The quantitative estimate of drug-likeness (QED) is 0.714. The lowest BCUT2D eigenvalue weighted by Crippen LogP contribution is -2.06. The van der Waals surface area contributed by atoms with Gasteiger partial charge in [-0.25, -0.2) is 0 Å². The van der Waals surface area contributed by atoms with Crippen LogP contribution in [0.3, 0.4) is 0 Å². The topological polar surface area (TPSA) is 29.1 Å². The number of carbonyl (C=O) groups is 1. The van der Waals surface area contributed by atoms with Crippen molar-refractivity contribution in [2.75, 3.05) is 5.32 Å². The van der Waals surface area contributed by atoms with E-state index in [0.29, 0.717) is 0 Å². The first-order valence-electron chi connectivity index (χ1n) is 5.58. The summed E-state index contributed by atoms with van der Waals surface area (Å²) >= 11 is 0. The molecule has 0 atom stereocenters. The van der Waals surface area contributed by atoms with Crippen LogP contribution in [0.5, 0.6) is 0 Å². The molecule has 0 aliphatic carbocycles. The van der Waals surface area contributed by atoms with Gasteiger partial charge in [-0.3, -0.25) is 4.79 Å². The minimum absolute atomic E-state index is 0.0189. The number of anilines is 1. The molecular weight excluding hydrogens is 198 g/mol. The molecule has 16 heavy (non-hydrogen) atoms. The molecule has 1 N–H and O–H groups in total. The maximum atomic E-state index is 11.8. The third-order valence-electron chi connectivity index (χ3n) is 2.63. The van der Waals surface area contributed by atoms with Crippen molar-refractivity contribution in [3.63, 3.8) is 0 Å². The van der Waals surface area contributed by atoms with Crippen molar-refractivity contribution in [3.8, 4) is 0 Å². The summed E-state index contributed by atoms with van der Waals surface area (Å²) in [5, 5.41) is 2.88. The lowest BCUT2D eigenvalue weighted by Gasteiger charge is -2.15. The summed E-state index contributed by atoms with van der Waals surface area (Å²) < 4.78 is 0. The second-order valence-corrected chi connectivity index (χ2v) is 5.38. The highest BCUT2D eigenvalue weighted by Crippen LogP contribution is 2.33. The Balaban J connectivity index is 2.32. The van der Waals surface area contributed by atoms with Gasteiger partial charge in [0.25, 0.3) is 5.91 Å². The van der Waals surface area contributed by atoms with E-state index in [4.69, 9.17) is 0 Å². The molecule has 2 nitrogen and oxygen atoms in total. The Hall–Kier alpha value is -1.57. The first kappa shape index (κ1) is 10.9. The van der Waals surface area contributed by atoms with Gasteiger partial charge in [0.15, 0.2) is 0 Å².